The van der Waals surface area contributed by atoms with Gasteiger partial charge in [-0.2, -0.15) is 0 Å². The van der Waals surface area contributed by atoms with E-state index in [-0.39, 0.29) is 11.8 Å². The lowest BCUT2D eigenvalue weighted by Gasteiger charge is -2.16. The summed E-state index contributed by atoms with van der Waals surface area (Å²) >= 11 is 0. The number of nitrogens with two attached hydrogens (primary N) is 1. The van der Waals surface area contributed by atoms with Crippen LogP contribution in [0.25, 0.3) is 0 Å². The number of hydrogen-bond donors (Lipinski definition) is 2. The summed E-state index contributed by atoms with van der Waals surface area (Å²) in [7, 11) is 0. The van der Waals surface area contributed by atoms with Crippen LogP contribution in [0.5, 0.6) is 0 Å². The number of carbonyl (C=O) groups excluding carboxylic acids is 1. The normalized spacial score (nSPS) is 11.4. The Hall–Kier alpha value is -1.79. The Labute approximate surface area is 128 Å². The Bertz CT molecular complexity index is 526. The molecule has 0 aromatic heterocycles. The van der Waals surface area contributed by atoms with Gasteiger partial charge in [0.15, 0.2) is 0 Å². The molecular formula is C18H26N2O. The third-order valence-electron chi connectivity index (χ3n) is 3.59. The van der Waals surface area contributed by atoms with Crippen molar-refractivity contribution < 1.29 is 4.79 Å². The van der Waals surface area contributed by atoms with E-state index in [4.69, 9.17) is 5.73 Å². The molecule has 0 aliphatic carbocycles. The second-order valence-corrected chi connectivity index (χ2v) is 5.27. The summed E-state index contributed by atoms with van der Waals surface area (Å²) in [5, 5.41) is 3.04. The van der Waals surface area contributed by atoms with E-state index in [1.807, 2.05) is 25.1 Å². The van der Waals surface area contributed by atoms with Crippen LogP contribution in [0.3, 0.4) is 0 Å². The first kappa shape index (κ1) is 17.3. The standard InChI is InChI=1S/C18H26N2O/c1-4-6-9-16(5-2)18(21)20-17-11-10-15(8-7-12-19)13-14(17)3/h10-11,13,16H,4-6,9,12,19H2,1-3H3,(H,20,21). The SMILES string of the molecule is CCCCC(CC)C(=O)Nc1ccc(C#CCN)cc1C. The second kappa shape index (κ2) is 9.20. The molecular weight excluding hydrogens is 260 g/mol. The van der Waals surface area contributed by atoms with Crippen molar-refractivity contribution in [1.82, 2.24) is 0 Å². The first-order valence-corrected chi connectivity index (χ1v) is 7.72. The van der Waals surface area contributed by atoms with E-state index in [0.717, 1.165) is 42.5 Å². The van der Waals surface area contributed by atoms with Gasteiger partial charge in [0.25, 0.3) is 0 Å². The highest BCUT2D eigenvalue weighted by molar-refractivity contribution is 5.93. The maximum atomic E-state index is 12.3. The van der Waals surface area contributed by atoms with Gasteiger partial charge < -0.3 is 11.1 Å². The molecule has 1 aromatic rings. The molecule has 0 radical (unpaired) electrons. The summed E-state index contributed by atoms with van der Waals surface area (Å²) in [6.07, 6.45) is 4.05. The molecule has 3 nitrogen and oxygen atoms in total. The van der Waals surface area contributed by atoms with Crippen LogP contribution in [0.4, 0.5) is 5.69 Å². The van der Waals surface area contributed by atoms with Crippen molar-refractivity contribution in [3.63, 3.8) is 0 Å². The molecule has 0 aliphatic heterocycles. The van der Waals surface area contributed by atoms with Crippen molar-refractivity contribution in [2.45, 2.75) is 46.5 Å². The third kappa shape index (κ3) is 5.61. The van der Waals surface area contributed by atoms with Crippen LogP contribution in [0.1, 0.15) is 50.7 Å². The Morgan fingerprint density at radius 1 is 1.38 bits per heavy atom. The fraction of sp³-hybridized carbons (Fsp3) is 0.500. The molecule has 1 rings (SSSR count). The van der Waals surface area contributed by atoms with Gasteiger partial charge in [0, 0.05) is 17.2 Å². The van der Waals surface area contributed by atoms with Gasteiger partial charge in [-0.05, 0) is 43.5 Å². The number of anilines is 1. The average molecular weight is 286 g/mol. The molecule has 0 fully saturated rings. The van der Waals surface area contributed by atoms with Crippen LogP contribution in [-0.4, -0.2) is 12.5 Å². The number of rotatable bonds is 6. The first-order valence-electron chi connectivity index (χ1n) is 7.72. The van der Waals surface area contributed by atoms with Gasteiger partial charge in [-0.3, -0.25) is 4.79 Å². The quantitative estimate of drug-likeness (QED) is 0.787. The number of nitrogens with one attached hydrogen (secondary N) is 1. The van der Waals surface area contributed by atoms with Gasteiger partial charge in [-0.25, -0.2) is 0 Å². The van der Waals surface area contributed by atoms with Crippen LogP contribution in [0, 0.1) is 24.7 Å². The van der Waals surface area contributed by atoms with E-state index in [1.165, 1.54) is 0 Å². The summed E-state index contributed by atoms with van der Waals surface area (Å²) in [5.74, 6) is 6.05. The van der Waals surface area contributed by atoms with Crippen LogP contribution in [0.2, 0.25) is 0 Å². The highest BCUT2D eigenvalue weighted by atomic mass is 16.1. The number of amides is 1. The van der Waals surface area contributed by atoms with E-state index in [9.17, 15) is 4.79 Å². The van der Waals surface area contributed by atoms with E-state index in [1.54, 1.807) is 0 Å². The van der Waals surface area contributed by atoms with Crippen molar-refractivity contribution >= 4 is 11.6 Å². The molecule has 1 atom stereocenters. The number of carbonyl (C=O) groups is 1. The Balaban J connectivity index is 2.75. The zero-order chi connectivity index (χ0) is 15.7. The zero-order valence-electron chi connectivity index (χ0n) is 13.3. The predicted octanol–water partition coefficient (Wildman–Crippen LogP) is 3.46. The lowest BCUT2D eigenvalue weighted by molar-refractivity contribution is -0.120. The number of benzene rings is 1. The predicted molar refractivity (Wildman–Crippen MR) is 89.0 cm³/mol. The average Bonchev–Trinajstić information content (AvgIpc) is 2.48. The van der Waals surface area contributed by atoms with E-state index >= 15 is 0 Å². The highest BCUT2D eigenvalue weighted by Crippen LogP contribution is 2.20. The van der Waals surface area contributed by atoms with Crippen LogP contribution >= 0.6 is 0 Å². The molecule has 0 saturated heterocycles. The molecule has 3 N–H and O–H groups in total. The second-order valence-electron chi connectivity index (χ2n) is 5.27. The number of aryl methyl sites for hydroxylation is 1. The fourth-order valence-electron chi connectivity index (χ4n) is 2.24. The molecule has 114 valence electrons. The van der Waals surface area contributed by atoms with Gasteiger partial charge in [-0.15, -0.1) is 0 Å². The Morgan fingerprint density at radius 3 is 2.71 bits per heavy atom. The summed E-state index contributed by atoms with van der Waals surface area (Å²) in [5.41, 5.74) is 8.19. The maximum absolute atomic E-state index is 12.3. The van der Waals surface area contributed by atoms with Gasteiger partial charge in [-0.1, -0.05) is 38.5 Å². The van der Waals surface area contributed by atoms with Crippen LogP contribution in [0.15, 0.2) is 18.2 Å². The number of hydrogen-bond acceptors (Lipinski definition) is 2. The van der Waals surface area contributed by atoms with Gasteiger partial charge in [0.2, 0.25) is 5.91 Å². The fourth-order valence-corrected chi connectivity index (χ4v) is 2.24. The maximum Gasteiger partial charge on any atom is 0.227 e. The van der Waals surface area contributed by atoms with Gasteiger partial charge in [0.05, 0.1) is 6.54 Å². The van der Waals surface area contributed by atoms with E-state index < -0.39 is 0 Å². The summed E-state index contributed by atoms with van der Waals surface area (Å²) in [6.45, 7) is 6.55. The van der Waals surface area contributed by atoms with Crippen LogP contribution < -0.4 is 11.1 Å². The third-order valence-corrected chi connectivity index (χ3v) is 3.59. The minimum Gasteiger partial charge on any atom is -0.326 e. The van der Waals surface area contributed by atoms with Crippen molar-refractivity contribution in [2.24, 2.45) is 11.7 Å². The van der Waals surface area contributed by atoms with E-state index in [0.29, 0.717) is 6.54 Å². The van der Waals surface area contributed by atoms with Crippen molar-refractivity contribution in [2.75, 3.05) is 11.9 Å². The van der Waals surface area contributed by atoms with E-state index in [2.05, 4.69) is 31.0 Å². The Morgan fingerprint density at radius 2 is 2.14 bits per heavy atom. The molecule has 0 saturated carbocycles. The molecule has 1 aromatic carbocycles. The highest BCUT2D eigenvalue weighted by Gasteiger charge is 2.16. The smallest absolute Gasteiger partial charge is 0.227 e. The minimum atomic E-state index is 0.0982. The topological polar surface area (TPSA) is 55.1 Å². The first-order chi connectivity index (χ1) is 10.1. The molecule has 3 heteroatoms. The Kier molecular flexibility index (Phi) is 7.56. The van der Waals surface area contributed by atoms with Gasteiger partial charge >= 0.3 is 0 Å². The molecule has 0 aliphatic rings. The minimum absolute atomic E-state index is 0.0982. The largest absolute Gasteiger partial charge is 0.326 e. The summed E-state index contributed by atoms with van der Waals surface area (Å²) in [4.78, 5) is 12.3. The molecule has 1 amide bonds. The molecule has 0 bridgehead atoms. The molecule has 1 unspecified atom stereocenters. The monoisotopic (exact) mass is 286 g/mol. The molecule has 0 heterocycles. The number of unbranched alkanes of at least 4 members (excludes halogenated alkanes) is 1. The van der Waals surface area contributed by atoms with Crippen LogP contribution in [-0.2, 0) is 4.79 Å². The lowest BCUT2D eigenvalue weighted by atomic mass is 9.98. The van der Waals surface area contributed by atoms with Gasteiger partial charge in [0.1, 0.15) is 0 Å². The molecule has 0 spiro atoms. The zero-order valence-corrected chi connectivity index (χ0v) is 13.3. The van der Waals surface area contributed by atoms with Crippen molar-refractivity contribution in [3.8, 4) is 11.8 Å². The van der Waals surface area contributed by atoms with Crippen molar-refractivity contribution in [3.05, 3.63) is 29.3 Å². The summed E-state index contributed by atoms with van der Waals surface area (Å²) < 4.78 is 0. The summed E-state index contributed by atoms with van der Waals surface area (Å²) in [6, 6.07) is 5.81. The lowest BCUT2D eigenvalue weighted by Crippen LogP contribution is -2.22. The molecule has 21 heavy (non-hydrogen) atoms. The van der Waals surface area contributed by atoms with Crippen molar-refractivity contribution in [1.29, 1.82) is 0 Å².